The Balaban J connectivity index is 1.24. The molecule has 3 aromatic rings. The van der Waals surface area contributed by atoms with Gasteiger partial charge in [-0.15, -0.1) is 0 Å². The maximum absolute atomic E-state index is 13.0. The van der Waals surface area contributed by atoms with Crippen molar-refractivity contribution in [3.63, 3.8) is 0 Å². The number of likely N-dealkylation sites (N-methyl/N-ethyl adjacent to an activating group) is 1. The van der Waals surface area contributed by atoms with Crippen LogP contribution in [0.4, 0.5) is 27.5 Å². The number of amides is 2. The summed E-state index contributed by atoms with van der Waals surface area (Å²) in [6.07, 6.45) is 3.49. The van der Waals surface area contributed by atoms with Gasteiger partial charge in [0.15, 0.2) is 5.82 Å². The van der Waals surface area contributed by atoms with Gasteiger partial charge in [-0.2, -0.15) is 4.98 Å². The van der Waals surface area contributed by atoms with Crippen LogP contribution in [0.15, 0.2) is 54.7 Å². The fourth-order valence-electron chi connectivity index (χ4n) is 4.21. The number of nitrogens with one attached hydrogen (secondary N) is 2. The first-order valence-electron chi connectivity index (χ1n) is 10.8. The lowest BCUT2D eigenvalue weighted by Crippen LogP contribution is -2.49. The molecule has 2 aliphatic rings. The van der Waals surface area contributed by atoms with Crippen molar-refractivity contribution >= 4 is 35.0 Å². The third kappa shape index (κ3) is 4.09. The second-order valence-corrected chi connectivity index (χ2v) is 8.16. The van der Waals surface area contributed by atoms with Gasteiger partial charge in [0.25, 0.3) is 5.91 Å². The molecule has 0 spiro atoms. The lowest BCUT2D eigenvalue weighted by Gasteiger charge is -2.36. The van der Waals surface area contributed by atoms with E-state index < -0.39 is 0 Å². The number of hydrogen-bond acceptors (Lipinski definition) is 6. The Hall–Kier alpha value is -4.01. The van der Waals surface area contributed by atoms with Crippen molar-refractivity contribution in [3.05, 3.63) is 71.7 Å². The van der Waals surface area contributed by atoms with E-state index in [4.69, 9.17) is 0 Å². The summed E-state index contributed by atoms with van der Waals surface area (Å²) >= 11 is 0. The molecule has 8 nitrogen and oxygen atoms in total. The monoisotopic (exact) mass is 446 g/mol. The molecule has 1 aromatic heterocycles. The van der Waals surface area contributed by atoms with Gasteiger partial charge in [0.2, 0.25) is 11.9 Å². The maximum Gasteiger partial charge on any atom is 0.255 e. The molecule has 0 radical (unpaired) electrons. The van der Waals surface area contributed by atoms with Crippen LogP contribution < -0.4 is 20.4 Å². The summed E-state index contributed by atoms with van der Waals surface area (Å²) in [6.45, 7) is 1.30. The number of fused-ring (bicyclic) bond motifs is 3. The van der Waals surface area contributed by atoms with E-state index in [1.54, 1.807) is 30.3 Å². The first-order valence-corrected chi connectivity index (χ1v) is 10.8. The number of rotatable bonds is 5. The van der Waals surface area contributed by atoms with Crippen LogP contribution in [0.25, 0.3) is 0 Å². The van der Waals surface area contributed by atoms with Crippen molar-refractivity contribution in [2.75, 3.05) is 34.0 Å². The van der Waals surface area contributed by atoms with Crippen molar-refractivity contribution in [3.8, 4) is 0 Å². The third-order valence-electron chi connectivity index (χ3n) is 6.02. The first kappa shape index (κ1) is 20.9. The second-order valence-electron chi connectivity index (χ2n) is 8.16. The number of halogens is 1. The van der Waals surface area contributed by atoms with Gasteiger partial charge in [-0.25, -0.2) is 9.37 Å². The summed E-state index contributed by atoms with van der Waals surface area (Å²) in [5.74, 6) is 0.740. The van der Waals surface area contributed by atoms with Crippen LogP contribution in [0.5, 0.6) is 0 Å². The van der Waals surface area contributed by atoms with Crippen LogP contribution in [-0.4, -0.2) is 41.4 Å². The van der Waals surface area contributed by atoms with E-state index in [-0.39, 0.29) is 23.7 Å². The molecular formula is C24H23FN6O2. The molecule has 0 saturated carbocycles. The molecule has 5 rings (SSSR count). The van der Waals surface area contributed by atoms with Gasteiger partial charge in [-0.1, -0.05) is 12.1 Å². The van der Waals surface area contributed by atoms with E-state index in [9.17, 15) is 14.0 Å². The van der Waals surface area contributed by atoms with Gasteiger partial charge in [0.05, 0.1) is 6.20 Å². The van der Waals surface area contributed by atoms with Crippen molar-refractivity contribution in [2.45, 2.75) is 25.4 Å². The van der Waals surface area contributed by atoms with E-state index >= 15 is 0 Å². The van der Waals surface area contributed by atoms with Crippen LogP contribution in [0, 0.1) is 5.82 Å². The highest BCUT2D eigenvalue weighted by Crippen LogP contribution is 2.37. The third-order valence-corrected chi connectivity index (χ3v) is 6.02. The summed E-state index contributed by atoms with van der Waals surface area (Å²) in [6, 6.07) is 12.7. The minimum absolute atomic E-state index is 0.0906. The predicted octanol–water partition coefficient (Wildman–Crippen LogP) is 3.43. The molecule has 33 heavy (non-hydrogen) atoms. The lowest BCUT2D eigenvalue weighted by molar-refractivity contribution is -0.119. The fraction of sp³-hybridized carbons (Fsp3) is 0.250. The lowest BCUT2D eigenvalue weighted by atomic mass is 10.1. The maximum atomic E-state index is 13.0. The van der Waals surface area contributed by atoms with E-state index in [2.05, 4.69) is 25.5 Å². The smallest absolute Gasteiger partial charge is 0.255 e. The van der Waals surface area contributed by atoms with E-state index in [1.165, 1.54) is 24.3 Å². The number of nitrogens with zero attached hydrogens (tertiary/aromatic N) is 4. The van der Waals surface area contributed by atoms with Crippen molar-refractivity contribution < 1.29 is 14.0 Å². The second kappa shape index (κ2) is 8.50. The molecule has 1 fully saturated rings. The summed E-state index contributed by atoms with van der Waals surface area (Å²) < 4.78 is 13.0. The Labute approximate surface area is 190 Å². The quantitative estimate of drug-likeness (QED) is 0.624. The van der Waals surface area contributed by atoms with Gasteiger partial charge in [-0.05, 0) is 54.8 Å². The number of hydrogen-bond donors (Lipinski definition) is 2. The molecular weight excluding hydrogens is 423 g/mol. The normalized spacial score (nSPS) is 16.9. The molecule has 0 bridgehead atoms. The molecule has 9 heteroatoms. The zero-order valence-electron chi connectivity index (χ0n) is 18.1. The first-order chi connectivity index (χ1) is 16.0. The topological polar surface area (TPSA) is 90.5 Å². The van der Waals surface area contributed by atoms with Crippen molar-refractivity contribution in [1.29, 1.82) is 0 Å². The van der Waals surface area contributed by atoms with Crippen molar-refractivity contribution in [1.82, 2.24) is 9.97 Å². The standard InChI is InChI=1S/C24H23FN6O2/c1-30-20-14-27-24(29-21(20)31-12-2-3-19(31)23(30)33)26-13-15-4-6-16(7-5-15)22(32)28-18-10-8-17(25)9-11-18/h4-11,14,19H,2-3,12-13H2,1H3,(H,28,32)(H,26,27,29). The number of carbonyl (C=O) groups is 2. The molecule has 1 saturated heterocycles. The molecule has 2 N–H and O–H groups in total. The van der Waals surface area contributed by atoms with Crippen LogP contribution in [0.2, 0.25) is 0 Å². The molecule has 0 aliphatic carbocycles. The van der Waals surface area contributed by atoms with E-state index in [0.717, 1.165) is 36.5 Å². The van der Waals surface area contributed by atoms with Crippen LogP contribution in [0.3, 0.4) is 0 Å². The Morgan fingerprint density at radius 1 is 1.15 bits per heavy atom. The minimum Gasteiger partial charge on any atom is -0.350 e. The van der Waals surface area contributed by atoms with Crippen LogP contribution >= 0.6 is 0 Å². The van der Waals surface area contributed by atoms with Crippen LogP contribution in [0.1, 0.15) is 28.8 Å². The van der Waals surface area contributed by atoms with Gasteiger partial charge < -0.3 is 20.4 Å². The van der Waals surface area contributed by atoms with Gasteiger partial charge in [0, 0.05) is 31.4 Å². The number of anilines is 4. The highest BCUT2D eigenvalue weighted by atomic mass is 19.1. The molecule has 168 valence electrons. The van der Waals surface area contributed by atoms with E-state index in [1.807, 2.05) is 12.1 Å². The number of aromatic nitrogens is 2. The van der Waals surface area contributed by atoms with Gasteiger partial charge >= 0.3 is 0 Å². The van der Waals surface area contributed by atoms with E-state index in [0.29, 0.717) is 23.7 Å². The van der Waals surface area contributed by atoms with Gasteiger partial charge in [0.1, 0.15) is 17.5 Å². The molecule has 1 unspecified atom stereocenters. The Bertz CT molecular complexity index is 1200. The van der Waals surface area contributed by atoms with Crippen molar-refractivity contribution in [2.24, 2.45) is 0 Å². The molecule has 3 heterocycles. The van der Waals surface area contributed by atoms with Gasteiger partial charge in [-0.3, -0.25) is 9.59 Å². The molecule has 2 aliphatic heterocycles. The summed E-state index contributed by atoms with van der Waals surface area (Å²) in [5, 5.41) is 5.97. The predicted molar refractivity (Wildman–Crippen MR) is 124 cm³/mol. The minimum atomic E-state index is -0.353. The SMILES string of the molecule is CN1C(=O)C2CCCN2c2nc(NCc3ccc(C(=O)Nc4ccc(F)cc4)cc3)ncc21. The highest BCUT2D eigenvalue weighted by Gasteiger charge is 2.40. The summed E-state index contributed by atoms with van der Waals surface area (Å²) in [5.41, 5.74) is 2.71. The fourth-order valence-corrected chi connectivity index (χ4v) is 4.21. The number of benzene rings is 2. The largest absolute Gasteiger partial charge is 0.350 e. The average Bonchev–Trinajstić information content (AvgIpc) is 3.33. The zero-order chi connectivity index (χ0) is 22.9. The molecule has 2 amide bonds. The van der Waals surface area contributed by atoms with Crippen LogP contribution in [-0.2, 0) is 11.3 Å². The summed E-state index contributed by atoms with van der Waals surface area (Å²) in [4.78, 5) is 37.7. The highest BCUT2D eigenvalue weighted by molar-refractivity contribution is 6.05. The number of carbonyl (C=O) groups excluding carboxylic acids is 2. The summed E-state index contributed by atoms with van der Waals surface area (Å²) in [7, 11) is 1.76. The Morgan fingerprint density at radius 2 is 1.91 bits per heavy atom. The molecule has 2 aromatic carbocycles. The Kier molecular flexibility index (Phi) is 5.37. The zero-order valence-corrected chi connectivity index (χ0v) is 18.1. The molecule has 1 atom stereocenters. The Morgan fingerprint density at radius 3 is 2.67 bits per heavy atom. The average molecular weight is 446 g/mol.